The molecule has 3 aromatic rings. The lowest BCUT2D eigenvalue weighted by atomic mass is 10.0. The van der Waals surface area contributed by atoms with E-state index in [1.54, 1.807) is 24.3 Å². The van der Waals surface area contributed by atoms with Gasteiger partial charge in [0.05, 0.1) is 25.3 Å². The first-order valence-electron chi connectivity index (χ1n) is 8.20. The Kier molecular flexibility index (Phi) is 5.49. The Morgan fingerprint density at radius 3 is 2.58 bits per heavy atom. The molecule has 0 aliphatic heterocycles. The van der Waals surface area contributed by atoms with Gasteiger partial charge in [0.2, 0.25) is 0 Å². The minimum atomic E-state index is -0.975. The summed E-state index contributed by atoms with van der Waals surface area (Å²) in [7, 11) is 3.22. The molecule has 1 atom stereocenters. The van der Waals surface area contributed by atoms with E-state index in [1.165, 1.54) is 7.11 Å². The van der Waals surface area contributed by atoms with Crippen molar-refractivity contribution in [3.63, 3.8) is 0 Å². The van der Waals surface area contributed by atoms with Gasteiger partial charge in [0, 0.05) is 28.5 Å². The van der Waals surface area contributed by atoms with Gasteiger partial charge in [0.25, 0.3) is 0 Å². The number of rotatable bonds is 6. The molecule has 26 heavy (non-hydrogen) atoms. The summed E-state index contributed by atoms with van der Waals surface area (Å²) in [6.07, 6.45) is -1.09. The van der Waals surface area contributed by atoms with Crippen molar-refractivity contribution in [1.82, 2.24) is 4.57 Å². The van der Waals surface area contributed by atoms with Crippen LogP contribution in [-0.4, -0.2) is 22.8 Å². The molecule has 0 aliphatic carbocycles. The second-order valence-corrected chi connectivity index (χ2v) is 6.41. The first-order valence-corrected chi connectivity index (χ1v) is 8.58. The van der Waals surface area contributed by atoms with Gasteiger partial charge < -0.3 is 19.1 Å². The van der Waals surface area contributed by atoms with Crippen LogP contribution in [-0.2, 0) is 23.2 Å². The van der Waals surface area contributed by atoms with Crippen molar-refractivity contribution in [3.05, 3.63) is 64.8 Å². The van der Waals surface area contributed by atoms with E-state index in [-0.39, 0.29) is 13.0 Å². The number of carbonyl (C=O) groups is 1. The van der Waals surface area contributed by atoms with E-state index in [0.717, 1.165) is 16.6 Å². The standard InChI is InChI=1S/C20H20ClNO4/c1-22-16-6-4-3-5-15(16)20(18(23)11-19(24)25-2)17(22)12-26-14-9-7-13(21)8-10-14/h3-10,18,23H,11-12H2,1-2H3. The topological polar surface area (TPSA) is 60.7 Å². The van der Waals surface area contributed by atoms with Crippen LogP contribution in [0.4, 0.5) is 0 Å². The summed E-state index contributed by atoms with van der Waals surface area (Å²) in [6.45, 7) is 0.250. The van der Waals surface area contributed by atoms with Crippen molar-refractivity contribution in [1.29, 1.82) is 0 Å². The number of aliphatic hydroxyl groups is 1. The number of esters is 1. The molecule has 1 N–H and O–H groups in total. The number of ether oxygens (including phenoxy) is 2. The van der Waals surface area contributed by atoms with Gasteiger partial charge in [-0.1, -0.05) is 29.8 Å². The van der Waals surface area contributed by atoms with Crippen LogP contribution in [0.25, 0.3) is 10.9 Å². The molecule has 2 aromatic carbocycles. The van der Waals surface area contributed by atoms with Crippen molar-refractivity contribution < 1.29 is 19.4 Å². The fourth-order valence-electron chi connectivity index (χ4n) is 3.05. The van der Waals surface area contributed by atoms with E-state index in [9.17, 15) is 9.90 Å². The quantitative estimate of drug-likeness (QED) is 0.663. The Labute approximate surface area is 156 Å². The van der Waals surface area contributed by atoms with E-state index in [1.807, 2.05) is 35.9 Å². The van der Waals surface area contributed by atoms with Gasteiger partial charge in [-0.05, 0) is 30.3 Å². The zero-order valence-corrected chi connectivity index (χ0v) is 15.4. The highest BCUT2D eigenvalue weighted by atomic mass is 35.5. The van der Waals surface area contributed by atoms with Crippen LogP contribution in [0.1, 0.15) is 23.8 Å². The van der Waals surface area contributed by atoms with E-state index >= 15 is 0 Å². The van der Waals surface area contributed by atoms with Crippen molar-refractivity contribution in [3.8, 4) is 5.75 Å². The molecule has 1 unspecified atom stereocenters. The van der Waals surface area contributed by atoms with Gasteiger partial charge in [-0.15, -0.1) is 0 Å². The molecule has 5 nitrogen and oxygen atoms in total. The largest absolute Gasteiger partial charge is 0.487 e. The molecule has 3 rings (SSSR count). The van der Waals surface area contributed by atoms with Gasteiger partial charge in [0.1, 0.15) is 12.4 Å². The predicted molar refractivity (Wildman–Crippen MR) is 100 cm³/mol. The summed E-state index contributed by atoms with van der Waals surface area (Å²) < 4.78 is 12.5. The number of hydrogen-bond acceptors (Lipinski definition) is 4. The number of benzene rings is 2. The molecule has 0 saturated heterocycles. The monoisotopic (exact) mass is 373 g/mol. The Morgan fingerprint density at radius 1 is 1.19 bits per heavy atom. The Hall–Kier alpha value is -2.50. The number of para-hydroxylation sites is 1. The number of halogens is 1. The molecule has 0 fully saturated rings. The van der Waals surface area contributed by atoms with E-state index < -0.39 is 12.1 Å². The van der Waals surface area contributed by atoms with Crippen molar-refractivity contribution in [2.75, 3.05) is 7.11 Å². The maximum atomic E-state index is 11.6. The molecule has 1 heterocycles. The number of aromatic nitrogens is 1. The third-order valence-electron chi connectivity index (χ3n) is 4.38. The predicted octanol–water partition coefficient (Wildman–Crippen LogP) is 4.01. The average Bonchev–Trinajstić information content (AvgIpc) is 2.93. The molecule has 0 saturated carbocycles. The highest BCUT2D eigenvalue weighted by molar-refractivity contribution is 6.30. The summed E-state index contributed by atoms with van der Waals surface area (Å²) in [5.41, 5.74) is 2.45. The summed E-state index contributed by atoms with van der Waals surface area (Å²) in [4.78, 5) is 11.6. The summed E-state index contributed by atoms with van der Waals surface area (Å²) in [5.74, 6) is 0.211. The summed E-state index contributed by atoms with van der Waals surface area (Å²) in [6, 6.07) is 14.8. The average molecular weight is 374 g/mol. The van der Waals surface area contributed by atoms with Crippen molar-refractivity contribution in [2.24, 2.45) is 7.05 Å². The van der Waals surface area contributed by atoms with Crippen molar-refractivity contribution >= 4 is 28.5 Å². The summed E-state index contributed by atoms with van der Waals surface area (Å²) in [5, 5.41) is 12.2. The first kappa shape index (κ1) is 18.3. The lowest BCUT2D eigenvalue weighted by Gasteiger charge is -2.14. The zero-order chi connectivity index (χ0) is 18.7. The van der Waals surface area contributed by atoms with Crippen LogP contribution >= 0.6 is 11.6 Å². The second-order valence-electron chi connectivity index (χ2n) is 5.98. The third kappa shape index (κ3) is 3.69. The zero-order valence-electron chi connectivity index (χ0n) is 14.6. The Balaban J connectivity index is 1.97. The highest BCUT2D eigenvalue weighted by Crippen LogP contribution is 2.33. The third-order valence-corrected chi connectivity index (χ3v) is 4.63. The fourth-order valence-corrected chi connectivity index (χ4v) is 3.17. The van der Waals surface area contributed by atoms with Crippen molar-refractivity contribution in [2.45, 2.75) is 19.1 Å². The van der Waals surface area contributed by atoms with Crippen LogP contribution in [0.5, 0.6) is 5.75 Å². The number of fused-ring (bicyclic) bond motifs is 1. The summed E-state index contributed by atoms with van der Waals surface area (Å²) >= 11 is 5.90. The molecular formula is C20H20ClNO4. The number of nitrogens with zero attached hydrogens (tertiary/aromatic N) is 1. The number of methoxy groups -OCH3 is 1. The fraction of sp³-hybridized carbons (Fsp3) is 0.250. The number of hydrogen-bond donors (Lipinski definition) is 1. The normalized spacial score (nSPS) is 12.2. The minimum absolute atomic E-state index is 0.113. The van der Waals surface area contributed by atoms with E-state index in [2.05, 4.69) is 0 Å². The second kappa shape index (κ2) is 7.81. The molecule has 1 aromatic heterocycles. The van der Waals surface area contributed by atoms with Crippen LogP contribution < -0.4 is 4.74 Å². The van der Waals surface area contributed by atoms with Gasteiger partial charge in [-0.3, -0.25) is 4.79 Å². The Morgan fingerprint density at radius 2 is 1.88 bits per heavy atom. The van der Waals surface area contributed by atoms with Gasteiger partial charge >= 0.3 is 5.97 Å². The smallest absolute Gasteiger partial charge is 0.308 e. The number of aryl methyl sites for hydroxylation is 1. The van der Waals surface area contributed by atoms with Gasteiger partial charge in [-0.2, -0.15) is 0 Å². The molecule has 0 aliphatic rings. The van der Waals surface area contributed by atoms with Crippen LogP contribution in [0.3, 0.4) is 0 Å². The molecule has 6 heteroatoms. The lowest BCUT2D eigenvalue weighted by molar-refractivity contribution is -0.142. The highest BCUT2D eigenvalue weighted by Gasteiger charge is 2.24. The van der Waals surface area contributed by atoms with Gasteiger partial charge in [0.15, 0.2) is 0 Å². The minimum Gasteiger partial charge on any atom is -0.487 e. The molecule has 0 bridgehead atoms. The molecule has 136 valence electrons. The Bertz CT molecular complexity index is 917. The maximum absolute atomic E-state index is 11.6. The van der Waals surface area contributed by atoms with Gasteiger partial charge in [-0.25, -0.2) is 0 Å². The molecule has 0 radical (unpaired) electrons. The van der Waals surface area contributed by atoms with Crippen LogP contribution in [0.2, 0.25) is 5.02 Å². The molecular weight excluding hydrogens is 354 g/mol. The van der Waals surface area contributed by atoms with Crippen LogP contribution in [0.15, 0.2) is 48.5 Å². The lowest BCUT2D eigenvalue weighted by Crippen LogP contribution is -2.12. The SMILES string of the molecule is COC(=O)CC(O)c1c(COc2ccc(Cl)cc2)n(C)c2ccccc12. The number of aliphatic hydroxyl groups excluding tert-OH is 1. The molecule has 0 spiro atoms. The maximum Gasteiger partial charge on any atom is 0.308 e. The van der Waals surface area contributed by atoms with E-state index in [0.29, 0.717) is 16.3 Å². The first-order chi connectivity index (χ1) is 12.5. The van der Waals surface area contributed by atoms with Crippen LogP contribution in [0, 0.1) is 0 Å². The van der Waals surface area contributed by atoms with E-state index in [4.69, 9.17) is 21.1 Å². The molecule has 0 amide bonds. The number of carbonyl (C=O) groups excluding carboxylic acids is 1.